The summed E-state index contributed by atoms with van der Waals surface area (Å²) in [5.41, 5.74) is 3.94. The Kier molecular flexibility index (Phi) is 7.53. The number of aromatic nitrogens is 3. The molecule has 0 atom stereocenters. The quantitative estimate of drug-likeness (QED) is 0.240. The van der Waals surface area contributed by atoms with E-state index in [4.69, 9.17) is 27.9 Å². The van der Waals surface area contributed by atoms with Crippen LogP contribution >= 0.6 is 23.2 Å². The second-order valence-electron chi connectivity index (χ2n) is 7.88. The molecule has 0 aliphatic rings. The lowest BCUT2D eigenvalue weighted by atomic mass is 10.1. The van der Waals surface area contributed by atoms with Gasteiger partial charge in [0.2, 0.25) is 11.9 Å². The number of aromatic amines is 1. The van der Waals surface area contributed by atoms with Crippen molar-refractivity contribution in [3.05, 3.63) is 81.2 Å². The molecule has 2 aromatic heterocycles. The lowest BCUT2D eigenvalue weighted by molar-refractivity contribution is 0.0977. The molecule has 0 fully saturated rings. The SMILES string of the molecule is COc1ccc2c(CCN=C(NC(=O)c3ccc(Cl)cc3Cl)Nc3nc(C)cc(C)n3)c[nH]c2c1. The van der Waals surface area contributed by atoms with Crippen molar-refractivity contribution in [2.45, 2.75) is 20.3 Å². The molecule has 0 aliphatic heterocycles. The summed E-state index contributed by atoms with van der Waals surface area (Å²) in [7, 11) is 1.64. The maximum Gasteiger partial charge on any atom is 0.259 e. The topological polar surface area (TPSA) is 104 Å². The zero-order valence-corrected chi connectivity index (χ0v) is 21.0. The van der Waals surface area contributed by atoms with Gasteiger partial charge in [0.25, 0.3) is 5.91 Å². The van der Waals surface area contributed by atoms with E-state index in [0.717, 1.165) is 33.6 Å². The van der Waals surface area contributed by atoms with Gasteiger partial charge in [-0.2, -0.15) is 0 Å². The zero-order chi connectivity index (χ0) is 24.9. The molecule has 180 valence electrons. The molecular weight excluding hydrogens is 487 g/mol. The second kappa shape index (κ2) is 10.8. The first-order chi connectivity index (χ1) is 16.8. The molecule has 2 heterocycles. The minimum Gasteiger partial charge on any atom is -0.497 e. The van der Waals surface area contributed by atoms with Crippen LogP contribution in [0, 0.1) is 13.8 Å². The summed E-state index contributed by atoms with van der Waals surface area (Å²) in [6.45, 7) is 4.14. The van der Waals surface area contributed by atoms with Crippen molar-refractivity contribution in [2.24, 2.45) is 4.99 Å². The molecule has 10 heteroatoms. The number of amides is 1. The fourth-order valence-corrected chi connectivity index (χ4v) is 4.13. The van der Waals surface area contributed by atoms with Gasteiger partial charge in [-0.15, -0.1) is 0 Å². The molecule has 0 saturated heterocycles. The van der Waals surface area contributed by atoms with Crippen LogP contribution in [0.3, 0.4) is 0 Å². The fourth-order valence-electron chi connectivity index (χ4n) is 3.63. The Morgan fingerprint density at radius 3 is 2.57 bits per heavy atom. The summed E-state index contributed by atoms with van der Waals surface area (Å²) in [6, 6.07) is 12.4. The van der Waals surface area contributed by atoms with Gasteiger partial charge >= 0.3 is 0 Å². The van der Waals surface area contributed by atoms with Crippen LogP contribution < -0.4 is 15.4 Å². The number of hydrogen-bond donors (Lipinski definition) is 3. The van der Waals surface area contributed by atoms with Crippen molar-refractivity contribution < 1.29 is 9.53 Å². The van der Waals surface area contributed by atoms with E-state index in [1.165, 1.54) is 6.07 Å². The molecule has 0 aliphatic carbocycles. The van der Waals surface area contributed by atoms with Crippen LogP contribution in [0.5, 0.6) is 5.75 Å². The predicted molar refractivity (Wildman–Crippen MR) is 140 cm³/mol. The number of ether oxygens (including phenoxy) is 1. The Morgan fingerprint density at radius 1 is 1.09 bits per heavy atom. The van der Waals surface area contributed by atoms with E-state index in [1.54, 1.807) is 19.2 Å². The number of fused-ring (bicyclic) bond motifs is 1. The fraction of sp³-hybridized carbons (Fsp3) is 0.200. The third kappa shape index (κ3) is 6.09. The van der Waals surface area contributed by atoms with Crippen LogP contribution in [-0.2, 0) is 6.42 Å². The Morgan fingerprint density at radius 2 is 1.86 bits per heavy atom. The van der Waals surface area contributed by atoms with Crippen LogP contribution in [0.4, 0.5) is 5.95 Å². The van der Waals surface area contributed by atoms with Crippen molar-refractivity contribution in [1.82, 2.24) is 20.3 Å². The first-order valence-electron chi connectivity index (χ1n) is 10.9. The van der Waals surface area contributed by atoms with Gasteiger partial charge in [-0.1, -0.05) is 23.2 Å². The third-order valence-corrected chi connectivity index (χ3v) is 5.79. The summed E-state index contributed by atoms with van der Waals surface area (Å²) in [6.07, 6.45) is 2.59. The Hall–Kier alpha value is -3.62. The Balaban J connectivity index is 1.56. The van der Waals surface area contributed by atoms with Gasteiger partial charge < -0.3 is 9.72 Å². The summed E-state index contributed by atoms with van der Waals surface area (Å²) >= 11 is 12.2. The second-order valence-corrected chi connectivity index (χ2v) is 8.73. The molecule has 1 amide bonds. The number of hydrogen-bond acceptors (Lipinski definition) is 5. The Labute approximate surface area is 212 Å². The number of anilines is 1. The van der Waals surface area contributed by atoms with Crippen molar-refractivity contribution in [1.29, 1.82) is 0 Å². The number of guanidine groups is 1. The van der Waals surface area contributed by atoms with Gasteiger partial charge in [0.1, 0.15) is 5.75 Å². The van der Waals surface area contributed by atoms with Gasteiger partial charge in [0.15, 0.2) is 0 Å². The van der Waals surface area contributed by atoms with E-state index in [9.17, 15) is 4.79 Å². The number of aryl methyl sites for hydroxylation is 2. The maximum atomic E-state index is 12.9. The molecule has 0 unspecified atom stereocenters. The van der Waals surface area contributed by atoms with Crippen molar-refractivity contribution in [3.63, 3.8) is 0 Å². The van der Waals surface area contributed by atoms with Gasteiger partial charge in [0, 0.05) is 46.1 Å². The van der Waals surface area contributed by atoms with Crippen molar-refractivity contribution >= 4 is 51.9 Å². The van der Waals surface area contributed by atoms with Crippen LogP contribution in [0.25, 0.3) is 10.9 Å². The molecule has 8 nitrogen and oxygen atoms in total. The molecule has 2 aromatic carbocycles. The average molecular weight is 511 g/mol. The van der Waals surface area contributed by atoms with E-state index >= 15 is 0 Å². The van der Waals surface area contributed by atoms with Gasteiger partial charge in [-0.3, -0.25) is 20.4 Å². The molecule has 3 N–H and O–H groups in total. The standard InChI is InChI=1S/C25H24Cl2N6O2/c1-14-10-15(2)31-25(30-14)33-24(32-23(34)20-6-4-17(26)11-21(20)27)28-9-8-16-13-29-22-12-18(35-3)5-7-19(16)22/h4-7,10-13,29H,8-9H2,1-3H3,(H2,28,30,31,32,33,34). The average Bonchev–Trinajstić information content (AvgIpc) is 3.20. The third-order valence-electron chi connectivity index (χ3n) is 5.25. The highest BCUT2D eigenvalue weighted by Gasteiger charge is 2.14. The van der Waals surface area contributed by atoms with Crippen LogP contribution in [-0.4, -0.2) is 40.5 Å². The van der Waals surface area contributed by atoms with Gasteiger partial charge in [0.05, 0.1) is 17.7 Å². The predicted octanol–water partition coefficient (Wildman–Crippen LogP) is 5.33. The molecule has 35 heavy (non-hydrogen) atoms. The first-order valence-corrected chi connectivity index (χ1v) is 11.6. The minimum atomic E-state index is -0.429. The van der Waals surface area contributed by atoms with E-state index in [0.29, 0.717) is 23.9 Å². The van der Waals surface area contributed by atoms with Gasteiger partial charge in [-0.25, -0.2) is 9.97 Å². The smallest absolute Gasteiger partial charge is 0.259 e. The minimum absolute atomic E-state index is 0.215. The summed E-state index contributed by atoms with van der Waals surface area (Å²) in [5, 5.41) is 7.58. The molecule has 0 bridgehead atoms. The summed E-state index contributed by atoms with van der Waals surface area (Å²) in [5.74, 6) is 0.907. The number of methoxy groups -OCH3 is 1. The van der Waals surface area contributed by atoms with Crippen LogP contribution in [0.2, 0.25) is 10.0 Å². The highest BCUT2D eigenvalue weighted by Crippen LogP contribution is 2.24. The van der Waals surface area contributed by atoms with E-state index < -0.39 is 5.91 Å². The number of benzene rings is 2. The van der Waals surface area contributed by atoms with Crippen LogP contribution in [0.1, 0.15) is 27.3 Å². The number of H-pyrrole nitrogens is 1. The van der Waals surface area contributed by atoms with Crippen molar-refractivity contribution in [3.8, 4) is 5.75 Å². The monoisotopic (exact) mass is 510 g/mol. The normalized spacial score (nSPS) is 11.5. The number of aliphatic imine (C=N–C) groups is 1. The largest absolute Gasteiger partial charge is 0.497 e. The lowest BCUT2D eigenvalue weighted by Gasteiger charge is -2.12. The lowest BCUT2D eigenvalue weighted by Crippen LogP contribution is -2.37. The van der Waals surface area contributed by atoms with Gasteiger partial charge in [-0.05, 0) is 62.2 Å². The highest BCUT2D eigenvalue weighted by atomic mass is 35.5. The number of nitrogens with zero attached hydrogens (tertiary/aromatic N) is 3. The van der Waals surface area contributed by atoms with E-state index in [2.05, 4.69) is 30.6 Å². The van der Waals surface area contributed by atoms with Crippen LogP contribution in [0.15, 0.2) is 53.7 Å². The number of carbonyl (C=O) groups is 1. The molecular formula is C25H24Cl2N6O2. The molecule has 4 aromatic rings. The van der Waals surface area contributed by atoms with E-state index in [1.807, 2.05) is 44.3 Å². The van der Waals surface area contributed by atoms with Crippen molar-refractivity contribution in [2.75, 3.05) is 19.0 Å². The highest BCUT2D eigenvalue weighted by molar-refractivity contribution is 6.37. The summed E-state index contributed by atoms with van der Waals surface area (Å²) in [4.78, 5) is 29.5. The number of nitrogens with one attached hydrogen (secondary N) is 3. The zero-order valence-electron chi connectivity index (χ0n) is 19.4. The first kappa shape index (κ1) is 24.5. The molecule has 0 saturated carbocycles. The number of rotatable bonds is 6. The number of carbonyl (C=O) groups excluding carboxylic acids is 1. The molecule has 0 radical (unpaired) electrons. The summed E-state index contributed by atoms with van der Waals surface area (Å²) < 4.78 is 5.29. The molecule has 4 rings (SSSR count). The Bertz CT molecular complexity index is 1400. The number of halogens is 2. The van der Waals surface area contributed by atoms with E-state index in [-0.39, 0.29) is 16.5 Å². The maximum absolute atomic E-state index is 12.9. The molecule has 0 spiro atoms.